The summed E-state index contributed by atoms with van der Waals surface area (Å²) in [4.78, 5) is 23.9. The van der Waals surface area contributed by atoms with Gasteiger partial charge in [-0.1, -0.05) is 81.1 Å². The highest BCUT2D eigenvalue weighted by molar-refractivity contribution is 5.79. The molecule has 17 heteroatoms. The molecule has 0 bridgehead atoms. The lowest BCUT2D eigenvalue weighted by Gasteiger charge is -2.14. The van der Waals surface area contributed by atoms with Crippen molar-refractivity contribution in [2.45, 2.75) is 51.4 Å². The van der Waals surface area contributed by atoms with Crippen LogP contribution in [-0.4, -0.2) is 190 Å². The van der Waals surface area contributed by atoms with Gasteiger partial charge in [0.1, 0.15) is 13.2 Å². The fraction of sp³-hybridized carbons (Fsp3) is 0.714. The first-order chi connectivity index (χ1) is 32.7. The molecular weight excluding hydrogens is 859 g/mol. The Morgan fingerprint density at radius 1 is 0.409 bits per heavy atom. The maximum atomic E-state index is 12.3. The molecule has 0 saturated carbocycles. The van der Waals surface area contributed by atoms with E-state index >= 15 is 0 Å². The van der Waals surface area contributed by atoms with Gasteiger partial charge in [-0.2, -0.15) is 0 Å². The fourth-order valence-electron chi connectivity index (χ4n) is 6.56. The van der Waals surface area contributed by atoms with Gasteiger partial charge in [-0.05, 0) is 28.7 Å². The second-order valence-electron chi connectivity index (χ2n) is 15.0. The van der Waals surface area contributed by atoms with E-state index in [-0.39, 0.29) is 25.1 Å². The maximum absolute atomic E-state index is 12.3. The van der Waals surface area contributed by atoms with Crippen LogP contribution in [0, 0.1) is 0 Å². The summed E-state index contributed by atoms with van der Waals surface area (Å²) in [6, 6.07) is 16.5. The summed E-state index contributed by atoms with van der Waals surface area (Å²) in [5.41, 5.74) is 4.76. The van der Waals surface area contributed by atoms with Crippen LogP contribution in [-0.2, 0) is 71.1 Å². The number of carbonyl (C=O) groups is 2. The second kappa shape index (κ2) is 41.9. The minimum atomic E-state index is -0.456. The number of benzene rings is 2. The smallest absolute Gasteiger partial charge is 0.407 e. The zero-order valence-electron chi connectivity index (χ0n) is 39.6. The van der Waals surface area contributed by atoms with Gasteiger partial charge in [0, 0.05) is 18.9 Å². The summed E-state index contributed by atoms with van der Waals surface area (Å²) in [7, 11) is 0. The molecule has 376 valence electrons. The van der Waals surface area contributed by atoms with E-state index in [0.717, 1.165) is 12.8 Å². The van der Waals surface area contributed by atoms with Crippen molar-refractivity contribution in [2.75, 3.05) is 178 Å². The minimum Gasteiger partial charge on any atom is -0.463 e. The lowest BCUT2D eigenvalue weighted by atomic mass is 9.98. The summed E-state index contributed by atoms with van der Waals surface area (Å²) in [6.45, 7) is 14.2. The van der Waals surface area contributed by atoms with Crippen LogP contribution in [0.15, 0.2) is 48.5 Å². The van der Waals surface area contributed by atoms with Gasteiger partial charge >= 0.3 is 12.1 Å². The highest BCUT2D eigenvalue weighted by Gasteiger charge is 2.29. The highest BCUT2D eigenvalue weighted by atomic mass is 16.6. The molecule has 0 saturated heterocycles. The van der Waals surface area contributed by atoms with Crippen molar-refractivity contribution in [3.63, 3.8) is 0 Å². The lowest BCUT2D eigenvalue weighted by Crippen LogP contribution is -2.29. The molecule has 0 unspecified atom stereocenters. The Balaban J connectivity index is 0.905. The number of carbonyl (C=O) groups excluding carboxylic acids is 2. The monoisotopic (exact) mass is 938 g/mol. The van der Waals surface area contributed by atoms with Crippen molar-refractivity contribution < 1.29 is 75.9 Å². The van der Waals surface area contributed by atoms with Crippen molar-refractivity contribution in [1.29, 1.82) is 0 Å². The standard InChI is InChI=1S/C49H79NO16/c1-2-3-4-5-6-15-48(51)65-41-40-64-39-38-63-37-36-62-35-34-61-33-32-60-31-30-59-29-28-58-27-26-57-25-24-56-23-22-55-21-20-54-19-18-53-17-16-50-49(52)66-42-47-45-13-9-7-11-43(45)44-12-8-10-14-46(44)47/h7-14,47H,2-6,15-42H2,1H3,(H,50,52). The van der Waals surface area contributed by atoms with Crippen molar-refractivity contribution >= 4 is 12.1 Å². The van der Waals surface area contributed by atoms with Gasteiger partial charge in [0.25, 0.3) is 0 Å². The quantitative estimate of drug-likeness (QED) is 0.0638. The van der Waals surface area contributed by atoms with Gasteiger partial charge in [0.15, 0.2) is 0 Å². The summed E-state index contributed by atoms with van der Waals surface area (Å²) in [6.07, 6.45) is 5.58. The van der Waals surface area contributed by atoms with Crippen LogP contribution in [0.2, 0.25) is 0 Å². The summed E-state index contributed by atoms with van der Waals surface area (Å²) < 4.78 is 76.7. The molecule has 1 amide bonds. The SMILES string of the molecule is CCCCCCCC(=O)OCCOCCOCCOCCOCCOCCOCCOCCOCCOCCOCCOCCOCCNC(=O)OCC1c2ccccc2-c2ccccc21. The van der Waals surface area contributed by atoms with Gasteiger partial charge in [-0.15, -0.1) is 0 Å². The van der Waals surface area contributed by atoms with Crippen LogP contribution in [0.5, 0.6) is 0 Å². The molecule has 3 rings (SSSR count). The molecule has 2 aromatic carbocycles. The molecule has 0 heterocycles. The number of hydrogen-bond acceptors (Lipinski definition) is 16. The third kappa shape index (κ3) is 29.5. The topological polar surface area (TPSA) is 175 Å². The predicted octanol–water partition coefficient (Wildman–Crippen LogP) is 5.63. The molecule has 0 atom stereocenters. The minimum absolute atomic E-state index is 0.0317. The normalized spacial score (nSPS) is 12.1. The molecule has 0 aromatic heterocycles. The van der Waals surface area contributed by atoms with Gasteiger partial charge in [0.2, 0.25) is 0 Å². The third-order valence-corrected chi connectivity index (χ3v) is 9.93. The van der Waals surface area contributed by atoms with Crippen LogP contribution in [0.25, 0.3) is 11.1 Å². The van der Waals surface area contributed by atoms with Crippen molar-refractivity contribution in [2.24, 2.45) is 0 Å². The number of rotatable bonds is 47. The van der Waals surface area contributed by atoms with Gasteiger partial charge in [-0.25, -0.2) is 4.79 Å². The van der Waals surface area contributed by atoms with Gasteiger partial charge in [-0.3, -0.25) is 4.79 Å². The average Bonchev–Trinajstić information content (AvgIpc) is 3.65. The number of fused-ring (bicyclic) bond motifs is 3. The third-order valence-electron chi connectivity index (χ3n) is 9.93. The molecule has 1 aliphatic rings. The highest BCUT2D eigenvalue weighted by Crippen LogP contribution is 2.44. The van der Waals surface area contributed by atoms with Crippen LogP contribution in [0.3, 0.4) is 0 Å². The van der Waals surface area contributed by atoms with E-state index in [1.54, 1.807) is 0 Å². The molecule has 0 aliphatic heterocycles. The van der Waals surface area contributed by atoms with Gasteiger partial charge in [0.05, 0.1) is 159 Å². The van der Waals surface area contributed by atoms with Crippen molar-refractivity contribution in [1.82, 2.24) is 5.32 Å². The molecule has 66 heavy (non-hydrogen) atoms. The van der Waals surface area contributed by atoms with Crippen LogP contribution >= 0.6 is 0 Å². The largest absolute Gasteiger partial charge is 0.463 e. The molecule has 17 nitrogen and oxygen atoms in total. The van der Waals surface area contributed by atoms with E-state index in [1.807, 2.05) is 24.3 Å². The molecule has 1 aliphatic carbocycles. The fourth-order valence-corrected chi connectivity index (χ4v) is 6.56. The molecular formula is C49H79NO16. The Kier molecular flexibility index (Phi) is 36.2. The summed E-state index contributed by atoms with van der Waals surface area (Å²) in [5, 5.41) is 2.74. The molecule has 0 radical (unpaired) electrons. The maximum Gasteiger partial charge on any atom is 0.407 e. The number of amides is 1. The van der Waals surface area contributed by atoms with E-state index in [4.69, 9.17) is 66.3 Å². The first-order valence-corrected chi connectivity index (χ1v) is 23.9. The number of esters is 1. The van der Waals surface area contributed by atoms with Crippen LogP contribution < -0.4 is 5.32 Å². The molecule has 1 N–H and O–H groups in total. The van der Waals surface area contributed by atoms with E-state index in [2.05, 4.69) is 36.5 Å². The first kappa shape index (κ1) is 57.0. The summed E-state index contributed by atoms with van der Waals surface area (Å²) in [5.74, 6) is -0.121. The van der Waals surface area contributed by atoms with E-state index in [1.165, 1.54) is 41.5 Å². The molecule has 2 aromatic rings. The Bertz CT molecular complexity index is 1410. The Morgan fingerprint density at radius 2 is 0.742 bits per heavy atom. The van der Waals surface area contributed by atoms with Crippen LogP contribution in [0.1, 0.15) is 62.5 Å². The zero-order chi connectivity index (χ0) is 46.6. The van der Waals surface area contributed by atoms with Crippen molar-refractivity contribution in [3.8, 4) is 11.1 Å². The Hall–Kier alpha value is -3.30. The number of alkyl carbamates (subject to hydrolysis) is 1. The molecule has 0 fully saturated rings. The average molecular weight is 938 g/mol. The van der Waals surface area contributed by atoms with Crippen LogP contribution in [0.4, 0.5) is 4.79 Å². The van der Waals surface area contributed by atoms with E-state index in [0.29, 0.717) is 172 Å². The second-order valence-corrected chi connectivity index (χ2v) is 15.0. The Labute approximate surface area is 392 Å². The van der Waals surface area contributed by atoms with E-state index < -0.39 is 6.09 Å². The predicted molar refractivity (Wildman–Crippen MR) is 247 cm³/mol. The molecule has 0 spiro atoms. The zero-order valence-corrected chi connectivity index (χ0v) is 39.6. The first-order valence-electron chi connectivity index (χ1n) is 23.9. The summed E-state index contributed by atoms with van der Waals surface area (Å²) >= 11 is 0. The number of unbranched alkanes of at least 4 members (excludes halogenated alkanes) is 4. The number of hydrogen-bond donors (Lipinski definition) is 1. The Morgan fingerprint density at radius 3 is 1.12 bits per heavy atom. The number of ether oxygens (including phenoxy) is 14. The van der Waals surface area contributed by atoms with E-state index in [9.17, 15) is 9.59 Å². The van der Waals surface area contributed by atoms with Gasteiger partial charge < -0.3 is 71.6 Å². The lowest BCUT2D eigenvalue weighted by molar-refractivity contribution is -0.145. The van der Waals surface area contributed by atoms with Crippen molar-refractivity contribution in [3.05, 3.63) is 59.7 Å². The number of nitrogens with one attached hydrogen (secondary N) is 1.